The van der Waals surface area contributed by atoms with E-state index in [9.17, 15) is 18.0 Å². The Morgan fingerprint density at radius 2 is 1.71 bits per heavy atom. The van der Waals surface area contributed by atoms with Crippen LogP contribution < -0.4 is 10.6 Å². The lowest BCUT2D eigenvalue weighted by Crippen LogP contribution is -2.15. The van der Waals surface area contributed by atoms with E-state index in [1.165, 1.54) is 0 Å². The Morgan fingerprint density at radius 1 is 1.00 bits per heavy atom. The quantitative estimate of drug-likeness (QED) is 0.847. The third-order valence-electron chi connectivity index (χ3n) is 2.97. The first-order valence-corrected chi connectivity index (χ1v) is 6.17. The molecule has 0 saturated heterocycles. The second-order valence-electron chi connectivity index (χ2n) is 4.48. The number of aryl methyl sites for hydroxylation is 1. The second kappa shape index (κ2) is 5.87. The number of anilines is 2. The summed E-state index contributed by atoms with van der Waals surface area (Å²) < 4.78 is 39.5. The molecule has 2 aromatic rings. The number of halogens is 3. The lowest BCUT2D eigenvalue weighted by molar-refractivity contribution is 0.102. The summed E-state index contributed by atoms with van der Waals surface area (Å²) in [7, 11) is 1.64. The molecule has 2 rings (SSSR count). The van der Waals surface area contributed by atoms with Gasteiger partial charge in [-0.1, -0.05) is 6.07 Å². The van der Waals surface area contributed by atoms with E-state index in [1.807, 2.05) is 6.92 Å². The molecule has 2 aromatic carbocycles. The number of rotatable bonds is 3. The first-order chi connectivity index (χ1) is 9.93. The summed E-state index contributed by atoms with van der Waals surface area (Å²) in [6.45, 7) is 1.86. The van der Waals surface area contributed by atoms with Crippen LogP contribution in [0.1, 0.15) is 15.9 Å². The van der Waals surface area contributed by atoms with E-state index < -0.39 is 29.0 Å². The minimum Gasteiger partial charge on any atom is -0.387 e. The summed E-state index contributed by atoms with van der Waals surface area (Å²) in [6, 6.07) is 6.75. The summed E-state index contributed by atoms with van der Waals surface area (Å²) in [6.07, 6.45) is 0. The van der Waals surface area contributed by atoms with Crippen LogP contribution >= 0.6 is 0 Å². The molecule has 0 radical (unpaired) electrons. The van der Waals surface area contributed by atoms with E-state index in [0.717, 1.165) is 17.7 Å². The minimum atomic E-state index is -1.62. The van der Waals surface area contributed by atoms with E-state index in [0.29, 0.717) is 5.69 Å². The second-order valence-corrected chi connectivity index (χ2v) is 4.48. The van der Waals surface area contributed by atoms with Crippen LogP contribution in [0.15, 0.2) is 30.3 Å². The van der Waals surface area contributed by atoms with Crippen LogP contribution in [0.3, 0.4) is 0 Å². The van der Waals surface area contributed by atoms with Crippen LogP contribution in [-0.4, -0.2) is 13.0 Å². The Balaban J connectivity index is 2.33. The number of hydrogen-bond acceptors (Lipinski definition) is 2. The molecule has 2 N–H and O–H groups in total. The van der Waals surface area contributed by atoms with E-state index in [-0.39, 0.29) is 5.56 Å². The molecule has 0 bridgehead atoms. The molecule has 110 valence electrons. The molecule has 0 unspecified atom stereocenters. The lowest BCUT2D eigenvalue weighted by atomic mass is 10.1. The van der Waals surface area contributed by atoms with Gasteiger partial charge in [0.2, 0.25) is 0 Å². The molecule has 0 aliphatic carbocycles. The van der Waals surface area contributed by atoms with Gasteiger partial charge in [0.25, 0.3) is 5.91 Å². The van der Waals surface area contributed by atoms with E-state index in [1.54, 1.807) is 25.2 Å². The first-order valence-electron chi connectivity index (χ1n) is 6.17. The van der Waals surface area contributed by atoms with E-state index >= 15 is 0 Å². The average molecular weight is 294 g/mol. The normalized spacial score (nSPS) is 10.3. The zero-order valence-electron chi connectivity index (χ0n) is 11.4. The molecule has 0 aliphatic rings. The zero-order valence-corrected chi connectivity index (χ0v) is 11.4. The van der Waals surface area contributed by atoms with Crippen LogP contribution in [0.25, 0.3) is 0 Å². The standard InChI is InChI=1S/C15H13F3N2O/c1-8-3-4-9(12(7-8)19-2)15(21)20-11-6-5-10(16)13(17)14(11)18/h3-7,19H,1-2H3,(H,20,21). The van der Waals surface area contributed by atoms with Gasteiger partial charge in [-0.15, -0.1) is 0 Å². The van der Waals surface area contributed by atoms with Crippen LogP contribution in [-0.2, 0) is 0 Å². The van der Waals surface area contributed by atoms with Crippen molar-refractivity contribution in [1.29, 1.82) is 0 Å². The summed E-state index contributed by atoms with van der Waals surface area (Å²) in [5.74, 6) is -4.98. The number of hydrogen-bond donors (Lipinski definition) is 2. The Labute approximate surface area is 119 Å². The molecule has 0 heterocycles. The lowest BCUT2D eigenvalue weighted by Gasteiger charge is -2.11. The fourth-order valence-corrected chi connectivity index (χ4v) is 1.88. The Bertz CT molecular complexity index is 702. The van der Waals surface area contributed by atoms with Gasteiger partial charge < -0.3 is 10.6 Å². The third-order valence-corrected chi connectivity index (χ3v) is 2.97. The van der Waals surface area contributed by atoms with Crippen molar-refractivity contribution < 1.29 is 18.0 Å². The van der Waals surface area contributed by atoms with Gasteiger partial charge in [0.1, 0.15) is 0 Å². The van der Waals surface area contributed by atoms with Crippen LogP contribution in [0.5, 0.6) is 0 Å². The first kappa shape index (κ1) is 14.9. The van der Waals surface area contributed by atoms with Gasteiger partial charge >= 0.3 is 0 Å². The maximum absolute atomic E-state index is 13.5. The molecule has 0 aliphatic heterocycles. The van der Waals surface area contributed by atoms with Crippen molar-refractivity contribution in [2.75, 3.05) is 17.7 Å². The smallest absolute Gasteiger partial charge is 0.257 e. The van der Waals surface area contributed by atoms with Crippen LogP contribution in [0.2, 0.25) is 0 Å². The van der Waals surface area contributed by atoms with Crippen molar-refractivity contribution in [2.45, 2.75) is 6.92 Å². The summed E-state index contributed by atoms with van der Waals surface area (Å²) in [5, 5.41) is 5.08. The number of carbonyl (C=O) groups excluding carboxylic acids is 1. The Morgan fingerprint density at radius 3 is 2.38 bits per heavy atom. The highest BCUT2D eigenvalue weighted by atomic mass is 19.2. The number of benzene rings is 2. The maximum atomic E-state index is 13.5. The molecule has 3 nitrogen and oxygen atoms in total. The fourth-order valence-electron chi connectivity index (χ4n) is 1.88. The van der Waals surface area contributed by atoms with E-state index in [2.05, 4.69) is 10.6 Å². The summed E-state index contributed by atoms with van der Waals surface area (Å²) >= 11 is 0. The van der Waals surface area contributed by atoms with Gasteiger partial charge in [-0.05, 0) is 36.8 Å². The topological polar surface area (TPSA) is 41.1 Å². The number of amides is 1. The predicted molar refractivity (Wildman–Crippen MR) is 75.0 cm³/mol. The molecule has 21 heavy (non-hydrogen) atoms. The summed E-state index contributed by atoms with van der Waals surface area (Å²) in [4.78, 5) is 12.1. The predicted octanol–water partition coefficient (Wildman–Crippen LogP) is 3.71. The molecule has 1 amide bonds. The van der Waals surface area contributed by atoms with Crippen molar-refractivity contribution in [3.63, 3.8) is 0 Å². The minimum absolute atomic E-state index is 0.271. The van der Waals surface area contributed by atoms with E-state index in [4.69, 9.17) is 0 Å². The highest BCUT2D eigenvalue weighted by molar-refractivity contribution is 6.08. The van der Waals surface area contributed by atoms with Gasteiger partial charge in [0.15, 0.2) is 17.5 Å². The highest BCUT2D eigenvalue weighted by Crippen LogP contribution is 2.22. The molecular weight excluding hydrogens is 281 g/mol. The van der Waals surface area contributed by atoms with Crippen molar-refractivity contribution in [1.82, 2.24) is 0 Å². The Kier molecular flexibility index (Phi) is 4.16. The molecule has 6 heteroatoms. The number of nitrogens with one attached hydrogen (secondary N) is 2. The van der Waals surface area contributed by atoms with Gasteiger partial charge in [0.05, 0.1) is 11.3 Å². The fraction of sp³-hybridized carbons (Fsp3) is 0.133. The molecule has 0 fully saturated rings. The van der Waals surface area contributed by atoms with Gasteiger partial charge in [0, 0.05) is 12.7 Å². The van der Waals surface area contributed by atoms with Crippen molar-refractivity contribution in [3.8, 4) is 0 Å². The van der Waals surface area contributed by atoms with Crippen molar-refractivity contribution in [3.05, 3.63) is 58.9 Å². The van der Waals surface area contributed by atoms with Crippen molar-refractivity contribution in [2.24, 2.45) is 0 Å². The molecular formula is C15H13F3N2O. The largest absolute Gasteiger partial charge is 0.387 e. The molecule has 0 spiro atoms. The zero-order chi connectivity index (χ0) is 15.6. The van der Waals surface area contributed by atoms with Gasteiger partial charge in [-0.25, -0.2) is 13.2 Å². The van der Waals surface area contributed by atoms with Gasteiger partial charge in [-0.2, -0.15) is 0 Å². The average Bonchev–Trinajstić information content (AvgIpc) is 2.47. The highest BCUT2D eigenvalue weighted by Gasteiger charge is 2.17. The maximum Gasteiger partial charge on any atom is 0.257 e. The molecule has 0 aromatic heterocycles. The summed E-state index contributed by atoms with van der Waals surface area (Å²) in [5.41, 5.74) is 1.35. The van der Waals surface area contributed by atoms with Crippen LogP contribution in [0, 0.1) is 24.4 Å². The molecule has 0 atom stereocenters. The third kappa shape index (κ3) is 2.99. The molecule has 0 saturated carbocycles. The monoisotopic (exact) mass is 294 g/mol. The SMILES string of the molecule is CNc1cc(C)ccc1C(=O)Nc1ccc(F)c(F)c1F. The van der Waals surface area contributed by atoms with Crippen molar-refractivity contribution >= 4 is 17.3 Å². The number of carbonyl (C=O) groups is 1. The van der Waals surface area contributed by atoms with Crippen LogP contribution in [0.4, 0.5) is 24.5 Å². The Hall–Kier alpha value is -2.50. The van der Waals surface area contributed by atoms with Gasteiger partial charge in [-0.3, -0.25) is 4.79 Å².